The van der Waals surface area contributed by atoms with E-state index in [1.165, 1.54) is 11.1 Å². The zero-order valence-corrected chi connectivity index (χ0v) is 13.5. The summed E-state index contributed by atoms with van der Waals surface area (Å²) >= 11 is 7.05. The Morgan fingerprint density at radius 3 is 2.33 bits per heavy atom. The van der Waals surface area contributed by atoms with E-state index in [1.54, 1.807) is 0 Å². The largest absolute Gasteiger partial charge is 0.320 e. The summed E-state index contributed by atoms with van der Waals surface area (Å²) in [5, 5.41) is 0. The van der Waals surface area contributed by atoms with Crippen molar-refractivity contribution < 1.29 is 0 Å². The summed E-state index contributed by atoms with van der Waals surface area (Å²) in [5.74, 6) is 0. The second kappa shape index (κ2) is 5.55. The lowest BCUT2D eigenvalue weighted by atomic mass is 9.96. The molecule has 0 aliphatic rings. The number of rotatable bonds is 2. The molecular formula is C15H15Br2N. The molecule has 2 N–H and O–H groups in total. The van der Waals surface area contributed by atoms with E-state index in [4.69, 9.17) is 5.73 Å². The molecule has 0 amide bonds. The number of nitrogens with two attached hydrogens (primary N) is 1. The highest BCUT2D eigenvalue weighted by Gasteiger charge is 2.13. The molecule has 0 heterocycles. The number of hydrogen-bond donors (Lipinski definition) is 1. The van der Waals surface area contributed by atoms with Crippen molar-refractivity contribution in [2.75, 3.05) is 0 Å². The molecule has 1 nitrogen and oxygen atoms in total. The summed E-state index contributed by atoms with van der Waals surface area (Å²) in [6.07, 6.45) is 0. The molecule has 18 heavy (non-hydrogen) atoms. The zero-order valence-electron chi connectivity index (χ0n) is 10.4. The lowest BCUT2D eigenvalue weighted by molar-refractivity contribution is 0.862. The van der Waals surface area contributed by atoms with Gasteiger partial charge in [-0.15, -0.1) is 0 Å². The Kier molecular flexibility index (Phi) is 4.25. The normalized spacial score (nSPS) is 12.5. The second-order valence-electron chi connectivity index (χ2n) is 4.49. The van der Waals surface area contributed by atoms with E-state index in [2.05, 4.69) is 70.0 Å². The summed E-state index contributed by atoms with van der Waals surface area (Å²) < 4.78 is 2.08. The predicted octanol–water partition coefficient (Wildman–Crippen LogP) is 4.88. The van der Waals surface area contributed by atoms with Gasteiger partial charge in [-0.1, -0.05) is 50.1 Å². The Hall–Kier alpha value is -0.640. The van der Waals surface area contributed by atoms with E-state index in [-0.39, 0.29) is 6.04 Å². The van der Waals surface area contributed by atoms with Gasteiger partial charge in [0.05, 0.1) is 6.04 Å². The van der Waals surface area contributed by atoms with Crippen LogP contribution in [0.4, 0.5) is 0 Å². The maximum atomic E-state index is 6.35. The molecule has 0 bridgehead atoms. The van der Waals surface area contributed by atoms with Gasteiger partial charge < -0.3 is 5.73 Å². The highest BCUT2D eigenvalue weighted by molar-refractivity contribution is 9.11. The molecule has 2 aromatic carbocycles. The highest BCUT2D eigenvalue weighted by Crippen LogP contribution is 2.30. The standard InChI is InChI=1S/C15H15Br2N/c1-9-3-4-11(7-10(9)2)15(18)13-8-12(16)5-6-14(13)17/h3-8,15H,18H2,1-2H3. The first-order valence-electron chi connectivity index (χ1n) is 5.76. The van der Waals surface area contributed by atoms with Crippen LogP contribution in [0.25, 0.3) is 0 Å². The topological polar surface area (TPSA) is 26.0 Å². The third-order valence-corrected chi connectivity index (χ3v) is 4.40. The lowest BCUT2D eigenvalue weighted by Crippen LogP contribution is -2.12. The smallest absolute Gasteiger partial charge is 0.0563 e. The van der Waals surface area contributed by atoms with Crippen LogP contribution >= 0.6 is 31.9 Å². The Morgan fingerprint density at radius 2 is 1.67 bits per heavy atom. The Bertz CT molecular complexity index is 579. The van der Waals surface area contributed by atoms with Gasteiger partial charge in [0.1, 0.15) is 0 Å². The fourth-order valence-electron chi connectivity index (χ4n) is 1.89. The van der Waals surface area contributed by atoms with Crippen molar-refractivity contribution in [3.8, 4) is 0 Å². The molecule has 3 heteroatoms. The minimum atomic E-state index is -0.115. The predicted molar refractivity (Wildman–Crippen MR) is 83.8 cm³/mol. The summed E-state index contributed by atoms with van der Waals surface area (Å²) in [7, 11) is 0. The second-order valence-corrected chi connectivity index (χ2v) is 6.26. The van der Waals surface area contributed by atoms with Crippen molar-refractivity contribution in [1.29, 1.82) is 0 Å². The Labute approximate surface area is 125 Å². The molecule has 0 aromatic heterocycles. The van der Waals surface area contributed by atoms with Crippen molar-refractivity contribution in [1.82, 2.24) is 0 Å². The third-order valence-electron chi connectivity index (χ3n) is 3.18. The van der Waals surface area contributed by atoms with Crippen LogP contribution in [-0.2, 0) is 0 Å². The van der Waals surface area contributed by atoms with Crippen LogP contribution in [-0.4, -0.2) is 0 Å². The first-order valence-corrected chi connectivity index (χ1v) is 7.35. The average Bonchev–Trinajstić information content (AvgIpc) is 2.35. The van der Waals surface area contributed by atoms with E-state index in [1.807, 2.05) is 12.1 Å². The molecule has 0 fully saturated rings. The van der Waals surface area contributed by atoms with Gasteiger partial charge in [-0.05, 0) is 54.3 Å². The van der Waals surface area contributed by atoms with Gasteiger partial charge in [-0.2, -0.15) is 0 Å². The van der Waals surface area contributed by atoms with Gasteiger partial charge >= 0.3 is 0 Å². The van der Waals surface area contributed by atoms with Crippen molar-refractivity contribution in [2.24, 2.45) is 5.73 Å². The number of halogens is 2. The Balaban J connectivity index is 2.44. The van der Waals surface area contributed by atoms with Crippen LogP contribution in [0, 0.1) is 13.8 Å². The SMILES string of the molecule is Cc1ccc(C(N)c2cc(Br)ccc2Br)cc1C. The molecule has 0 spiro atoms. The third kappa shape index (κ3) is 2.85. The van der Waals surface area contributed by atoms with Crippen LogP contribution in [0.5, 0.6) is 0 Å². The molecule has 94 valence electrons. The van der Waals surface area contributed by atoms with Gasteiger partial charge in [-0.3, -0.25) is 0 Å². The number of hydrogen-bond acceptors (Lipinski definition) is 1. The molecule has 0 saturated heterocycles. The molecule has 0 radical (unpaired) electrons. The first kappa shape index (κ1) is 13.8. The van der Waals surface area contributed by atoms with Crippen molar-refractivity contribution in [2.45, 2.75) is 19.9 Å². The fraction of sp³-hybridized carbons (Fsp3) is 0.200. The molecule has 2 rings (SSSR count). The zero-order chi connectivity index (χ0) is 13.3. The molecule has 0 saturated carbocycles. The van der Waals surface area contributed by atoms with Crippen molar-refractivity contribution in [3.05, 3.63) is 67.6 Å². The van der Waals surface area contributed by atoms with Gasteiger partial charge in [0.25, 0.3) is 0 Å². The first-order chi connectivity index (χ1) is 8.49. The molecular weight excluding hydrogens is 354 g/mol. The van der Waals surface area contributed by atoms with Gasteiger partial charge in [0, 0.05) is 8.95 Å². The van der Waals surface area contributed by atoms with E-state index in [9.17, 15) is 0 Å². The summed E-state index contributed by atoms with van der Waals surface area (Å²) in [6.45, 7) is 4.22. The maximum absolute atomic E-state index is 6.35. The van der Waals surface area contributed by atoms with Crippen LogP contribution in [0.1, 0.15) is 28.3 Å². The number of aryl methyl sites for hydroxylation is 2. The van der Waals surface area contributed by atoms with Gasteiger partial charge in [0.2, 0.25) is 0 Å². The summed E-state index contributed by atoms with van der Waals surface area (Å²) in [4.78, 5) is 0. The Morgan fingerprint density at radius 1 is 0.944 bits per heavy atom. The fourth-order valence-corrected chi connectivity index (χ4v) is 2.76. The number of benzene rings is 2. The van der Waals surface area contributed by atoms with Gasteiger partial charge in [-0.25, -0.2) is 0 Å². The summed E-state index contributed by atoms with van der Waals surface area (Å²) in [5.41, 5.74) is 11.1. The van der Waals surface area contributed by atoms with E-state index >= 15 is 0 Å². The molecule has 0 aliphatic carbocycles. The van der Waals surface area contributed by atoms with Crippen molar-refractivity contribution in [3.63, 3.8) is 0 Å². The monoisotopic (exact) mass is 367 g/mol. The van der Waals surface area contributed by atoms with Gasteiger partial charge in [0.15, 0.2) is 0 Å². The maximum Gasteiger partial charge on any atom is 0.0563 e. The quantitative estimate of drug-likeness (QED) is 0.803. The van der Waals surface area contributed by atoms with E-state index in [0.717, 1.165) is 20.1 Å². The lowest BCUT2D eigenvalue weighted by Gasteiger charge is -2.16. The molecule has 1 unspecified atom stereocenters. The highest BCUT2D eigenvalue weighted by atomic mass is 79.9. The van der Waals surface area contributed by atoms with Crippen LogP contribution in [0.3, 0.4) is 0 Å². The van der Waals surface area contributed by atoms with Crippen LogP contribution < -0.4 is 5.73 Å². The summed E-state index contributed by atoms with van der Waals surface area (Å²) in [6, 6.07) is 12.3. The van der Waals surface area contributed by atoms with Crippen LogP contribution in [0.2, 0.25) is 0 Å². The molecule has 2 aromatic rings. The minimum absolute atomic E-state index is 0.115. The minimum Gasteiger partial charge on any atom is -0.320 e. The van der Waals surface area contributed by atoms with E-state index < -0.39 is 0 Å². The average molecular weight is 369 g/mol. The van der Waals surface area contributed by atoms with Crippen LogP contribution in [0.15, 0.2) is 45.3 Å². The van der Waals surface area contributed by atoms with Crippen molar-refractivity contribution >= 4 is 31.9 Å². The molecule has 0 aliphatic heterocycles. The van der Waals surface area contributed by atoms with E-state index in [0.29, 0.717) is 0 Å². The molecule has 1 atom stereocenters.